The molecular weight excluding hydrogens is 288 g/mol. The lowest BCUT2D eigenvalue weighted by molar-refractivity contribution is 0.0981. The number of Topliss-reactive ketones (excluding diaryl/α,β-unsaturated/α-hetero) is 1. The number of hydrogen-bond donors (Lipinski definition) is 0. The fourth-order valence-electron chi connectivity index (χ4n) is 2.85. The van der Waals surface area contributed by atoms with Gasteiger partial charge in [0.05, 0.1) is 16.5 Å². The van der Waals surface area contributed by atoms with Crippen LogP contribution in [0.5, 0.6) is 0 Å². The summed E-state index contributed by atoms with van der Waals surface area (Å²) < 4.78 is 0. The van der Waals surface area contributed by atoms with Gasteiger partial charge < -0.3 is 0 Å². The Kier molecular flexibility index (Phi) is 4.66. The van der Waals surface area contributed by atoms with Gasteiger partial charge >= 0.3 is 0 Å². The molecule has 2 unspecified atom stereocenters. The van der Waals surface area contributed by atoms with Crippen LogP contribution in [0.4, 0.5) is 0 Å². The number of carbonyl (C=O) groups is 1. The number of rotatable bonds is 2. The van der Waals surface area contributed by atoms with Crippen LogP contribution in [0.3, 0.4) is 0 Å². The zero-order valence-corrected chi connectivity index (χ0v) is 13.4. The van der Waals surface area contributed by atoms with E-state index >= 15 is 0 Å². The molecule has 0 N–H and O–H groups in total. The van der Waals surface area contributed by atoms with Crippen LogP contribution in [0.25, 0.3) is 0 Å². The maximum Gasteiger partial charge on any atom is 0.166 e. The molecule has 3 nitrogen and oxygen atoms in total. The molecule has 1 aliphatic carbocycles. The fourth-order valence-corrected chi connectivity index (χ4v) is 5.85. The van der Waals surface area contributed by atoms with E-state index in [4.69, 9.17) is 4.98 Å². The molecule has 2 atom stereocenters. The van der Waals surface area contributed by atoms with Crippen molar-refractivity contribution in [2.75, 3.05) is 11.5 Å². The highest BCUT2D eigenvalue weighted by Crippen LogP contribution is 2.42. The first-order valence-corrected chi connectivity index (χ1v) is 9.51. The molecule has 0 amide bonds. The molecular formula is C15H20N2OS2. The summed E-state index contributed by atoms with van der Waals surface area (Å²) in [6.07, 6.45) is 6.58. The van der Waals surface area contributed by atoms with E-state index in [2.05, 4.69) is 11.9 Å². The van der Waals surface area contributed by atoms with Crippen molar-refractivity contribution in [2.45, 2.75) is 49.5 Å². The molecule has 0 spiro atoms. The number of aryl methyl sites for hydroxylation is 1. The molecule has 1 aromatic rings. The van der Waals surface area contributed by atoms with Gasteiger partial charge in [0.2, 0.25) is 0 Å². The molecule has 108 valence electrons. The lowest BCUT2D eigenvalue weighted by Crippen LogP contribution is -2.21. The smallest absolute Gasteiger partial charge is 0.166 e. The van der Waals surface area contributed by atoms with Crippen LogP contribution in [0.2, 0.25) is 0 Å². The third kappa shape index (κ3) is 2.89. The zero-order chi connectivity index (χ0) is 13.9. The normalized spacial score (nSPS) is 26.9. The molecule has 1 saturated heterocycles. The summed E-state index contributed by atoms with van der Waals surface area (Å²) in [7, 11) is 0. The highest BCUT2D eigenvalue weighted by Gasteiger charge is 2.29. The van der Waals surface area contributed by atoms with Crippen molar-refractivity contribution < 1.29 is 4.79 Å². The number of aromatic nitrogens is 2. The van der Waals surface area contributed by atoms with Gasteiger partial charge in [0.15, 0.2) is 5.78 Å². The minimum Gasteiger partial charge on any atom is -0.294 e. The topological polar surface area (TPSA) is 42.9 Å². The highest BCUT2D eigenvalue weighted by atomic mass is 32.2. The van der Waals surface area contributed by atoms with E-state index in [0.29, 0.717) is 16.9 Å². The Balaban J connectivity index is 1.91. The number of fused-ring (bicyclic) bond motifs is 1. The Morgan fingerprint density at radius 3 is 2.90 bits per heavy atom. The molecule has 1 fully saturated rings. The second kappa shape index (κ2) is 6.48. The first-order valence-electron chi connectivity index (χ1n) is 7.42. The number of hydrogen-bond acceptors (Lipinski definition) is 5. The van der Waals surface area contributed by atoms with Crippen LogP contribution >= 0.6 is 23.5 Å². The summed E-state index contributed by atoms with van der Waals surface area (Å²) in [5, 5.41) is 0.996. The van der Waals surface area contributed by atoms with E-state index in [1.54, 1.807) is 6.20 Å². The second-order valence-electron chi connectivity index (χ2n) is 5.33. The molecule has 0 saturated carbocycles. The standard InChI is InChI=1S/C15H20N2OS2/c1-2-13-14(20-8-7-19-13)15-16-9-10-11(17-15)5-3-4-6-12(10)18/h9,13-14H,2-8H2,1H3. The quantitative estimate of drug-likeness (QED) is 0.780. The van der Waals surface area contributed by atoms with Gasteiger partial charge in [-0.05, 0) is 25.7 Å². The van der Waals surface area contributed by atoms with Gasteiger partial charge in [-0.15, -0.1) is 11.8 Å². The Hall–Kier alpha value is -0.550. The van der Waals surface area contributed by atoms with Crippen LogP contribution in [-0.4, -0.2) is 32.5 Å². The average Bonchev–Trinajstić information content (AvgIpc) is 2.68. The Morgan fingerprint density at radius 1 is 1.25 bits per heavy atom. The van der Waals surface area contributed by atoms with Gasteiger partial charge in [-0.1, -0.05) is 6.92 Å². The SMILES string of the molecule is CCC1SCCSC1c1ncc2c(n1)CCCCC2=O. The second-order valence-corrected chi connectivity index (χ2v) is 7.92. The first kappa shape index (κ1) is 14.4. The summed E-state index contributed by atoms with van der Waals surface area (Å²) in [6, 6.07) is 0. The summed E-state index contributed by atoms with van der Waals surface area (Å²) >= 11 is 4.02. The number of nitrogens with zero attached hydrogens (tertiary/aromatic N) is 2. The number of ketones is 1. The monoisotopic (exact) mass is 308 g/mol. The van der Waals surface area contributed by atoms with Gasteiger partial charge in [0.1, 0.15) is 5.82 Å². The molecule has 3 rings (SSSR count). The van der Waals surface area contributed by atoms with E-state index in [0.717, 1.165) is 42.8 Å². The van der Waals surface area contributed by atoms with Gasteiger partial charge in [0, 0.05) is 29.4 Å². The van der Waals surface area contributed by atoms with Crippen molar-refractivity contribution in [1.82, 2.24) is 9.97 Å². The van der Waals surface area contributed by atoms with Gasteiger partial charge in [-0.25, -0.2) is 9.97 Å². The van der Waals surface area contributed by atoms with E-state index < -0.39 is 0 Å². The van der Waals surface area contributed by atoms with Crippen LogP contribution < -0.4 is 0 Å². The average molecular weight is 308 g/mol. The maximum atomic E-state index is 12.0. The lowest BCUT2D eigenvalue weighted by Gasteiger charge is -2.29. The third-order valence-electron chi connectivity index (χ3n) is 3.96. The van der Waals surface area contributed by atoms with E-state index in [9.17, 15) is 4.79 Å². The minimum absolute atomic E-state index is 0.224. The van der Waals surface area contributed by atoms with Crippen LogP contribution in [0, 0.1) is 0 Å². The largest absolute Gasteiger partial charge is 0.294 e. The predicted molar refractivity (Wildman–Crippen MR) is 85.7 cm³/mol. The number of carbonyl (C=O) groups excluding carboxylic acids is 1. The summed E-state index contributed by atoms with van der Waals surface area (Å²) in [5.41, 5.74) is 1.76. The van der Waals surface area contributed by atoms with E-state index in [-0.39, 0.29) is 5.78 Å². The van der Waals surface area contributed by atoms with Crippen molar-refractivity contribution in [3.63, 3.8) is 0 Å². The molecule has 5 heteroatoms. The fraction of sp³-hybridized carbons (Fsp3) is 0.667. The Labute approximate surface area is 128 Å². The van der Waals surface area contributed by atoms with Crippen molar-refractivity contribution >= 4 is 29.3 Å². The molecule has 2 aliphatic rings. The zero-order valence-electron chi connectivity index (χ0n) is 11.8. The van der Waals surface area contributed by atoms with Crippen molar-refractivity contribution in [2.24, 2.45) is 0 Å². The van der Waals surface area contributed by atoms with Crippen LogP contribution in [0.1, 0.15) is 59.7 Å². The minimum atomic E-state index is 0.224. The van der Waals surface area contributed by atoms with Crippen LogP contribution in [0.15, 0.2) is 6.20 Å². The summed E-state index contributed by atoms with van der Waals surface area (Å²) in [5.74, 6) is 3.57. The third-order valence-corrected chi connectivity index (χ3v) is 7.20. The molecule has 0 bridgehead atoms. The molecule has 2 heterocycles. The molecule has 1 aliphatic heterocycles. The lowest BCUT2D eigenvalue weighted by atomic mass is 10.1. The summed E-state index contributed by atoms with van der Waals surface area (Å²) in [6.45, 7) is 2.24. The Bertz CT molecular complexity index is 507. The highest BCUT2D eigenvalue weighted by molar-refractivity contribution is 8.06. The van der Waals surface area contributed by atoms with Gasteiger partial charge in [0.25, 0.3) is 0 Å². The number of thioether (sulfide) groups is 2. The van der Waals surface area contributed by atoms with Crippen molar-refractivity contribution in [1.29, 1.82) is 0 Å². The van der Waals surface area contributed by atoms with E-state index in [1.165, 1.54) is 11.5 Å². The summed E-state index contributed by atoms with van der Waals surface area (Å²) in [4.78, 5) is 21.3. The van der Waals surface area contributed by atoms with Gasteiger partial charge in [-0.2, -0.15) is 11.8 Å². The van der Waals surface area contributed by atoms with Gasteiger partial charge in [-0.3, -0.25) is 4.79 Å². The molecule has 0 aromatic carbocycles. The van der Waals surface area contributed by atoms with Crippen molar-refractivity contribution in [3.8, 4) is 0 Å². The first-order chi connectivity index (χ1) is 9.79. The van der Waals surface area contributed by atoms with Crippen molar-refractivity contribution in [3.05, 3.63) is 23.3 Å². The maximum absolute atomic E-state index is 12.0. The van der Waals surface area contributed by atoms with Crippen LogP contribution in [-0.2, 0) is 6.42 Å². The predicted octanol–water partition coefficient (Wildman–Crippen LogP) is 3.69. The molecule has 1 aromatic heterocycles. The molecule has 0 radical (unpaired) electrons. The Morgan fingerprint density at radius 2 is 2.05 bits per heavy atom. The van der Waals surface area contributed by atoms with E-state index in [1.807, 2.05) is 23.5 Å². The molecule has 20 heavy (non-hydrogen) atoms.